The first-order valence-electron chi connectivity index (χ1n) is 7.69. The molecule has 1 aliphatic heterocycles. The summed E-state index contributed by atoms with van der Waals surface area (Å²) in [5.41, 5.74) is 0.789. The molecule has 1 N–H and O–H groups in total. The van der Waals surface area contributed by atoms with Gasteiger partial charge >= 0.3 is 6.09 Å². The van der Waals surface area contributed by atoms with E-state index in [1.54, 1.807) is 0 Å². The number of carbonyl (C=O) groups excluding carboxylic acids is 1. The molecule has 122 valence electrons. The number of alkyl halides is 1. The van der Waals surface area contributed by atoms with E-state index in [0.717, 1.165) is 19.6 Å². The van der Waals surface area contributed by atoms with Crippen LogP contribution >= 0.6 is 11.6 Å². The predicted molar refractivity (Wildman–Crippen MR) is 89.1 cm³/mol. The van der Waals surface area contributed by atoms with Crippen molar-refractivity contribution in [1.29, 1.82) is 0 Å². The molecule has 1 fully saturated rings. The summed E-state index contributed by atoms with van der Waals surface area (Å²) in [4.78, 5) is 14.3. The van der Waals surface area contributed by atoms with E-state index in [0.29, 0.717) is 5.88 Å². The number of hydrogen-bond acceptors (Lipinski definition) is 3. The Morgan fingerprint density at radius 2 is 2.00 bits per heavy atom. The summed E-state index contributed by atoms with van der Waals surface area (Å²) in [6.45, 7) is 8.15. The standard InChI is InChI=1S/C17H25ClN2O2/c1-17(2,3)22-16(21)19-15-12-20(11-14(15)9-18)10-13-7-5-4-6-8-13/h4-8,14-15H,9-12H2,1-3H3,(H,19,21). The van der Waals surface area contributed by atoms with E-state index in [-0.39, 0.29) is 18.1 Å². The van der Waals surface area contributed by atoms with Crippen molar-refractivity contribution >= 4 is 17.7 Å². The zero-order chi connectivity index (χ0) is 16.2. The first-order chi connectivity index (χ1) is 10.4. The first-order valence-corrected chi connectivity index (χ1v) is 8.22. The molecule has 0 aromatic heterocycles. The molecule has 0 radical (unpaired) electrons. The Balaban J connectivity index is 1.90. The minimum atomic E-state index is -0.483. The number of rotatable bonds is 4. The Bertz CT molecular complexity index is 487. The molecule has 0 spiro atoms. The Morgan fingerprint density at radius 1 is 1.32 bits per heavy atom. The van der Waals surface area contributed by atoms with Gasteiger partial charge in [-0.3, -0.25) is 4.90 Å². The van der Waals surface area contributed by atoms with Gasteiger partial charge in [-0.1, -0.05) is 30.3 Å². The van der Waals surface area contributed by atoms with Crippen molar-refractivity contribution in [3.63, 3.8) is 0 Å². The van der Waals surface area contributed by atoms with Crippen LogP contribution in [0.1, 0.15) is 26.3 Å². The van der Waals surface area contributed by atoms with Gasteiger partial charge < -0.3 is 10.1 Å². The molecular formula is C17H25ClN2O2. The molecule has 1 amide bonds. The molecule has 1 heterocycles. The number of halogens is 1. The fraction of sp³-hybridized carbons (Fsp3) is 0.588. The number of benzene rings is 1. The molecule has 2 unspecified atom stereocenters. The third-order valence-corrected chi connectivity index (χ3v) is 4.06. The maximum absolute atomic E-state index is 11.9. The molecule has 0 bridgehead atoms. The van der Waals surface area contributed by atoms with Gasteiger partial charge in [-0.15, -0.1) is 11.6 Å². The SMILES string of the molecule is CC(C)(C)OC(=O)NC1CN(Cc2ccccc2)CC1CCl. The normalized spacial score (nSPS) is 22.5. The molecular weight excluding hydrogens is 300 g/mol. The maximum Gasteiger partial charge on any atom is 0.407 e. The number of nitrogens with zero attached hydrogens (tertiary/aromatic N) is 1. The van der Waals surface area contributed by atoms with Crippen LogP contribution < -0.4 is 5.32 Å². The molecule has 2 rings (SSSR count). The lowest BCUT2D eigenvalue weighted by atomic mass is 10.1. The van der Waals surface area contributed by atoms with E-state index in [4.69, 9.17) is 16.3 Å². The smallest absolute Gasteiger partial charge is 0.407 e. The fourth-order valence-corrected chi connectivity index (χ4v) is 3.02. The molecule has 1 saturated heterocycles. The van der Waals surface area contributed by atoms with Gasteiger partial charge in [0.25, 0.3) is 0 Å². The largest absolute Gasteiger partial charge is 0.444 e. The summed E-state index contributed by atoms with van der Waals surface area (Å²) < 4.78 is 5.33. The van der Waals surface area contributed by atoms with Gasteiger partial charge in [0, 0.05) is 31.4 Å². The number of likely N-dealkylation sites (tertiary alicyclic amines) is 1. The van der Waals surface area contributed by atoms with Crippen LogP contribution in [0.15, 0.2) is 30.3 Å². The summed E-state index contributed by atoms with van der Waals surface area (Å²) in [6, 6.07) is 10.4. The van der Waals surface area contributed by atoms with E-state index >= 15 is 0 Å². The zero-order valence-corrected chi connectivity index (χ0v) is 14.3. The molecule has 4 nitrogen and oxygen atoms in total. The molecule has 0 aliphatic carbocycles. The lowest BCUT2D eigenvalue weighted by Crippen LogP contribution is -2.43. The van der Waals surface area contributed by atoms with Crippen molar-refractivity contribution in [2.45, 2.75) is 39.0 Å². The molecule has 2 atom stereocenters. The lowest BCUT2D eigenvalue weighted by Gasteiger charge is -2.23. The Hall–Kier alpha value is -1.26. The van der Waals surface area contributed by atoms with Gasteiger partial charge in [-0.25, -0.2) is 4.79 Å². The van der Waals surface area contributed by atoms with Gasteiger partial charge in [0.05, 0.1) is 6.04 Å². The van der Waals surface area contributed by atoms with Gasteiger partial charge in [0.15, 0.2) is 0 Å². The third kappa shape index (κ3) is 5.18. The number of ether oxygens (including phenoxy) is 1. The summed E-state index contributed by atoms with van der Waals surface area (Å²) in [5, 5.41) is 2.96. The van der Waals surface area contributed by atoms with Crippen LogP contribution in [0.3, 0.4) is 0 Å². The van der Waals surface area contributed by atoms with Crippen LogP contribution in [0.2, 0.25) is 0 Å². The average molecular weight is 325 g/mol. The van der Waals surface area contributed by atoms with Crippen molar-refractivity contribution in [2.75, 3.05) is 19.0 Å². The molecule has 22 heavy (non-hydrogen) atoms. The molecule has 5 heteroatoms. The summed E-state index contributed by atoms with van der Waals surface area (Å²) in [6.07, 6.45) is -0.367. The molecule has 1 aliphatic rings. The highest BCUT2D eigenvalue weighted by atomic mass is 35.5. The van der Waals surface area contributed by atoms with Crippen molar-refractivity contribution in [1.82, 2.24) is 10.2 Å². The van der Waals surface area contributed by atoms with Crippen LogP contribution in [-0.4, -0.2) is 41.6 Å². The fourth-order valence-electron chi connectivity index (χ4n) is 2.71. The third-order valence-electron chi connectivity index (χ3n) is 3.67. The summed E-state index contributed by atoms with van der Waals surface area (Å²) in [7, 11) is 0. The Kier molecular flexibility index (Phi) is 5.70. The number of hydrogen-bond donors (Lipinski definition) is 1. The van der Waals surface area contributed by atoms with E-state index < -0.39 is 5.60 Å². The second-order valence-corrected chi connectivity index (χ2v) is 7.16. The zero-order valence-electron chi connectivity index (χ0n) is 13.5. The van der Waals surface area contributed by atoms with E-state index in [1.165, 1.54) is 5.56 Å². The highest BCUT2D eigenvalue weighted by molar-refractivity contribution is 6.18. The minimum absolute atomic E-state index is 0.0380. The van der Waals surface area contributed by atoms with Crippen LogP contribution in [0.5, 0.6) is 0 Å². The highest BCUT2D eigenvalue weighted by Crippen LogP contribution is 2.21. The summed E-state index contributed by atoms with van der Waals surface area (Å²) in [5.74, 6) is 0.782. The second kappa shape index (κ2) is 7.34. The number of alkyl carbamates (subject to hydrolysis) is 1. The van der Waals surface area contributed by atoms with Crippen LogP contribution in [-0.2, 0) is 11.3 Å². The number of nitrogens with one attached hydrogen (secondary N) is 1. The van der Waals surface area contributed by atoms with E-state index in [1.807, 2.05) is 39.0 Å². The van der Waals surface area contributed by atoms with Gasteiger partial charge in [0.1, 0.15) is 5.60 Å². The Labute approximate surface area is 137 Å². The van der Waals surface area contributed by atoms with E-state index in [2.05, 4.69) is 22.3 Å². The van der Waals surface area contributed by atoms with Crippen LogP contribution in [0, 0.1) is 5.92 Å². The van der Waals surface area contributed by atoms with Gasteiger partial charge in [0.2, 0.25) is 0 Å². The van der Waals surface area contributed by atoms with Crippen LogP contribution in [0.4, 0.5) is 4.79 Å². The van der Waals surface area contributed by atoms with Gasteiger partial charge in [-0.05, 0) is 26.3 Å². The average Bonchev–Trinajstić information content (AvgIpc) is 2.79. The molecule has 1 aromatic carbocycles. The topological polar surface area (TPSA) is 41.6 Å². The van der Waals surface area contributed by atoms with E-state index in [9.17, 15) is 4.79 Å². The second-order valence-electron chi connectivity index (χ2n) is 6.85. The predicted octanol–water partition coefficient (Wildman–Crippen LogP) is 3.25. The van der Waals surface area contributed by atoms with Crippen molar-refractivity contribution in [2.24, 2.45) is 5.92 Å². The quantitative estimate of drug-likeness (QED) is 0.864. The van der Waals surface area contributed by atoms with Crippen molar-refractivity contribution in [3.05, 3.63) is 35.9 Å². The first kappa shape index (κ1) is 17.1. The molecule has 0 saturated carbocycles. The van der Waals surface area contributed by atoms with Crippen molar-refractivity contribution < 1.29 is 9.53 Å². The maximum atomic E-state index is 11.9. The Morgan fingerprint density at radius 3 is 2.59 bits per heavy atom. The summed E-state index contributed by atoms with van der Waals surface area (Å²) >= 11 is 6.07. The highest BCUT2D eigenvalue weighted by Gasteiger charge is 2.34. The number of amides is 1. The minimum Gasteiger partial charge on any atom is -0.444 e. The van der Waals surface area contributed by atoms with Gasteiger partial charge in [-0.2, -0.15) is 0 Å². The number of carbonyl (C=O) groups is 1. The monoisotopic (exact) mass is 324 g/mol. The molecule has 1 aromatic rings. The van der Waals surface area contributed by atoms with Crippen LogP contribution in [0.25, 0.3) is 0 Å². The lowest BCUT2D eigenvalue weighted by molar-refractivity contribution is 0.0498. The van der Waals surface area contributed by atoms with Crippen molar-refractivity contribution in [3.8, 4) is 0 Å².